The van der Waals surface area contributed by atoms with E-state index in [-0.39, 0.29) is 5.91 Å². The Balaban J connectivity index is 1.64. The lowest BCUT2D eigenvalue weighted by Crippen LogP contribution is -2.40. The number of rotatable bonds is 9. The average molecular weight is 368 g/mol. The number of carbonyl (C=O) groups excluding carboxylic acids is 1. The number of amides is 1. The van der Waals surface area contributed by atoms with Gasteiger partial charge < -0.3 is 20.7 Å². The maximum atomic E-state index is 11.9. The lowest BCUT2D eigenvalue weighted by Gasteiger charge is -2.13. The number of aliphatic imine (C=N–C) groups is 1. The van der Waals surface area contributed by atoms with Crippen LogP contribution in [0.1, 0.15) is 17.5 Å². The molecule has 2 rings (SSSR count). The molecule has 6 heteroatoms. The molecule has 0 radical (unpaired) electrons. The number of para-hydroxylation sites is 1. The third-order valence-electron chi connectivity index (χ3n) is 4.08. The van der Waals surface area contributed by atoms with Gasteiger partial charge in [0.1, 0.15) is 5.75 Å². The third-order valence-corrected chi connectivity index (χ3v) is 4.08. The van der Waals surface area contributed by atoms with Crippen molar-refractivity contribution < 1.29 is 9.53 Å². The van der Waals surface area contributed by atoms with Crippen molar-refractivity contribution in [2.24, 2.45) is 4.99 Å². The summed E-state index contributed by atoms with van der Waals surface area (Å²) in [6.45, 7) is 1.79. The molecular formula is C21H28N4O2. The van der Waals surface area contributed by atoms with Crippen LogP contribution in [0, 0.1) is 0 Å². The smallest absolute Gasteiger partial charge is 0.222 e. The summed E-state index contributed by atoms with van der Waals surface area (Å²) in [4.78, 5) is 16.1. The minimum Gasteiger partial charge on any atom is -0.496 e. The molecule has 0 unspecified atom stereocenters. The molecule has 2 aromatic rings. The van der Waals surface area contributed by atoms with E-state index in [0.717, 1.165) is 29.8 Å². The second-order valence-corrected chi connectivity index (χ2v) is 6.00. The minimum absolute atomic E-state index is 0.0100. The summed E-state index contributed by atoms with van der Waals surface area (Å²) in [5, 5.41) is 9.33. The molecule has 0 fully saturated rings. The molecular weight excluding hydrogens is 340 g/mol. The molecule has 0 aliphatic rings. The van der Waals surface area contributed by atoms with Gasteiger partial charge in [-0.25, -0.2) is 0 Å². The van der Waals surface area contributed by atoms with Crippen molar-refractivity contribution in [2.75, 3.05) is 27.2 Å². The Labute approximate surface area is 161 Å². The zero-order valence-corrected chi connectivity index (χ0v) is 16.0. The first kappa shape index (κ1) is 20.3. The standard InChI is InChI=1S/C21H28N4O2/c1-22-21(23-14-12-18-10-6-7-11-19(18)27-2)24-15-13-20(26)25-16-17-8-4-3-5-9-17/h3-11H,12-16H2,1-2H3,(H,25,26)(H2,22,23,24). The molecule has 0 saturated carbocycles. The second-order valence-electron chi connectivity index (χ2n) is 6.00. The zero-order chi connectivity index (χ0) is 19.3. The monoisotopic (exact) mass is 368 g/mol. The molecule has 3 N–H and O–H groups in total. The Kier molecular flexibility index (Phi) is 8.69. The van der Waals surface area contributed by atoms with Crippen LogP contribution in [-0.2, 0) is 17.8 Å². The Bertz CT molecular complexity index is 732. The summed E-state index contributed by atoms with van der Waals surface area (Å²) in [6, 6.07) is 17.8. The molecule has 2 aromatic carbocycles. The normalized spacial score (nSPS) is 11.0. The number of guanidine groups is 1. The van der Waals surface area contributed by atoms with E-state index in [1.807, 2.05) is 54.6 Å². The summed E-state index contributed by atoms with van der Waals surface area (Å²) >= 11 is 0. The van der Waals surface area contributed by atoms with Crippen molar-refractivity contribution in [2.45, 2.75) is 19.4 Å². The number of nitrogens with one attached hydrogen (secondary N) is 3. The van der Waals surface area contributed by atoms with Crippen molar-refractivity contribution >= 4 is 11.9 Å². The molecule has 0 aliphatic heterocycles. The van der Waals surface area contributed by atoms with Gasteiger partial charge >= 0.3 is 0 Å². The van der Waals surface area contributed by atoms with Gasteiger partial charge in [-0.2, -0.15) is 0 Å². The largest absolute Gasteiger partial charge is 0.496 e. The number of ether oxygens (including phenoxy) is 1. The number of benzene rings is 2. The SMILES string of the molecule is CN=C(NCCC(=O)NCc1ccccc1)NCCc1ccccc1OC. The highest BCUT2D eigenvalue weighted by molar-refractivity contribution is 5.81. The van der Waals surface area contributed by atoms with Crippen LogP contribution in [0.25, 0.3) is 0 Å². The van der Waals surface area contributed by atoms with Gasteiger partial charge in [-0.05, 0) is 23.6 Å². The number of nitrogens with zero attached hydrogens (tertiary/aromatic N) is 1. The molecule has 0 heterocycles. The Morgan fingerprint density at radius 2 is 1.67 bits per heavy atom. The van der Waals surface area contributed by atoms with Gasteiger partial charge in [0.05, 0.1) is 7.11 Å². The zero-order valence-electron chi connectivity index (χ0n) is 16.0. The van der Waals surface area contributed by atoms with Crippen LogP contribution in [0.2, 0.25) is 0 Å². The number of hydrogen-bond acceptors (Lipinski definition) is 3. The van der Waals surface area contributed by atoms with Gasteiger partial charge in [0.15, 0.2) is 5.96 Å². The summed E-state index contributed by atoms with van der Waals surface area (Å²) in [5.74, 6) is 1.58. The van der Waals surface area contributed by atoms with Gasteiger partial charge in [-0.15, -0.1) is 0 Å². The van der Waals surface area contributed by atoms with Crippen molar-refractivity contribution in [1.29, 1.82) is 0 Å². The van der Waals surface area contributed by atoms with Crippen molar-refractivity contribution in [3.8, 4) is 5.75 Å². The van der Waals surface area contributed by atoms with Gasteiger partial charge in [0.25, 0.3) is 0 Å². The summed E-state index contributed by atoms with van der Waals surface area (Å²) in [6.07, 6.45) is 1.21. The molecule has 0 spiro atoms. The van der Waals surface area contributed by atoms with Crippen LogP contribution in [0.15, 0.2) is 59.6 Å². The molecule has 0 bridgehead atoms. The van der Waals surface area contributed by atoms with Crippen molar-refractivity contribution in [3.05, 3.63) is 65.7 Å². The van der Waals surface area contributed by atoms with Gasteiger partial charge in [0.2, 0.25) is 5.91 Å². The fourth-order valence-electron chi connectivity index (χ4n) is 2.63. The summed E-state index contributed by atoms with van der Waals surface area (Å²) in [5.41, 5.74) is 2.23. The third kappa shape index (κ3) is 7.40. The number of methoxy groups -OCH3 is 1. The van der Waals surface area contributed by atoms with E-state index in [0.29, 0.717) is 25.5 Å². The minimum atomic E-state index is 0.0100. The van der Waals surface area contributed by atoms with E-state index in [4.69, 9.17) is 4.74 Å². The van der Waals surface area contributed by atoms with Crippen molar-refractivity contribution in [3.63, 3.8) is 0 Å². The molecule has 1 amide bonds. The highest BCUT2D eigenvalue weighted by Gasteiger charge is 2.04. The quantitative estimate of drug-likeness (QED) is 0.468. The van der Waals surface area contributed by atoms with Crippen LogP contribution >= 0.6 is 0 Å². The van der Waals surface area contributed by atoms with Crippen LogP contribution in [-0.4, -0.2) is 39.1 Å². The lowest BCUT2D eigenvalue weighted by atomic mass is 10.1. The fourth-order valence-corrected chi connectivity index (χ4v) is 2.63. The Morgan fingerprint density at radius 1 is 0.963 bits per heavy atom. The molecule has 0 aliphatic carbocycles. The van der Waals surface area contributed by atoms with Crippen LogP contribution in [0.3, 0.4) is 0 Å². The van der Waals surface area contributed by atoms with E-state index >= 15 is 0 Å². The molecule has 27 heavy (non-hydrogen) atoms. The van der Waals surface area contributed by atoms with Crippen molar-refractivity contribution in [1.82, 2.24) is 16.0 Å². The topological polar surface area (TPSA) is 74.8 Å². The predicted molar refractivity (Wildman–Crippen MR) is 109 cm³/mol. The van der Waals surface area contributed by atoms with E-state index < -0.39 is 0 Å². The molecule has 144 valence electrons. The predicted octanol–water partition coefficient (Wildman–Crippen LogP) is 2.11. The van der Waals surface area contributed by atoms with Gasteiger partial charge in [-0.1, -0.05) is 48.5 Å². The van der Waals surface area contributed by atoms with E-state index in [1.165, 1.54) is 0 Å². The highest BCUT2D eigenvalue weighted by Crippen LogP contribution is 2.17. The summed E-state index contributed by atoms with van der Waals surface area (Å²) in [7, 11) is 3.39. The van der Waals surface area contributed by atoms with Crippen LogP contribution in [0.4, 0.5) is 0 Å². The number of carbonyl (C=O) groups is 1. The lowest BCUT2D eigenvalue weighted by molar-refractivity contribution is -0.121. The van der Waals surface area contributed by atoms with Crippen LogP contribution < -0.4 is 20.7 Å². The average Bonchev–Trinajstić information content (AvgIpc) is 2.72. The van der Waals surface area contributed by atoms with Gasteiger partial charge in [0, 0.05) is 33.1 Å². The first-order chi connectivity index (χ1) is 13.2. The highest BCUT2D eigenvalue weighted by atomic mass is 16.5. The number of hydrogen-bond donors (Lipinski definition) is 3. The van der Waals surface area contributed by atoms with E-state index in [9.17, 15) is 4.79 Å². The Hall–Kier alpha value is -3.02. The molecule has 0 saturated heterocycles. The molecule has 0 atom stereocenters. The first-order valence-corrected chi connectivity index (χ1v) is 9.10. The fraction of sp³-hybridized carbons (Fsp3) is 0.333. The summed E-state index contributed by atoms with van der Waals surface area (Å²) < 4.78 is 5.36. The van der Waals surface area contributed by atoms with Gasteiger partial charge in [-0.3, -0.25) is 9.79 Å². The first-order valence-electron chi connectivity index (χ1n) is 9.10. The van der Waals surface area contributed by atoms with Crippen LogP contribution in [0.5, 0.6) is 5.75 Å². The second kappa shape index (κ2) is 11.6. The molecule has 0 aromatic heterocycles. The van der Waals surface area contributed by atoms with E-state index in [1.54, 1.807) is 14.2 Å². The maximum absolute atomic E-state index is 11.9. The Morgan fingerprint density at radius 3 is 2.41 bits per heavy atom. The molecule has 6 nitrogen and oxygen atoms in total. The maximum Gasteiger partial charge on any atom is 0.222 e. The van der Waals surface area contributed by atoms with E-state index in [2.05, 4.69) is 20.9 Å².